The first-order chi connectivity index (χ1) is 7.15. The maximum Gasteiger partial charge on any atom is 0.0882 e. The van der Waals surface area contributed by atoms with Crippen molar-refractivity contribution in [1.29, 1.82) is 5.26 Å². The monoisotopic (exact) mass is 208 g/mol. The van der Waals surface area contributed by atoms with Crippen molar-refractivity contribution in [1.82, 2.24) is 5.32 Å². The summed E-state index contributed by atoms with van der Waals surface area (Å²) in [6.45, 7) is 3.73. The quantitative estimate of drug-likeness (QED) is 0.685. The summed E-state index contributed by atoms with van der Waals surface area (Å²) < 4.78 is 0. The van der Waals surface area contributed by atoms with Gasteiger partial charge in [-0.15, -0.1) is 0 Å². The van der Waals surface area contributed by atoms with Gasteiger partial charge in [0, 0.05) is 6.54 Å². The summed E-state index contributed by atoms with van der Waals surface area (Å²) in [7, 11) is 0. The highest BCUT2D eigenvalue weighted by atomic mass is 16.3. The Bertz CT molecular complexity index is 278. The predicted molar refractivity (Wildman–Crippen MR) is 58.1 cm³/mol. The molecule has 2 N–H and O–H groups in total. The van der Waals surface area contributed by atoms with Crippen LogP contribution in [0.4, 0.5) is 0 Å². The van der Waals surface area contributed by atoms with Gasteiger partial charge in [-0.2, -0.15) is 5.26 Å². The lowest BCUT2D eigenvalue weighted by Crippen LogP contribution is -2.58. The van der Waals surface area contributed by atoms with Crippen LogP contribution in [0.3, 0.4) is 0 Å². The Hall–Kier alpha value is -0.590. The molecule has 3 nitrogen and oxygen atoms in total. The summed E-state index contributed by atoms with van der Waals surface area (Å²) in [6.07, 6.45) is 4.67. The molecule has 1 saturated heterocycles. The first kappa shape index (κ1) is 10.9. The molecule has 2 atom stereocenters. The van der Waals surface area contributed by atoms with Crippen LogP contribution in [0.5, 0.6) is 0 Å². The summed E-state index contributed by atoms with van der Waals surface area (Å²) in [6, 6.07) is 2.44. The van der Waals surface area contributed by atoms with Crippen molar-refractivity contribution in [3.63, 3.8) is 0 Å². The fraction of sp³-hybridized carbons (Fsp3) is 0.917. The molecule has 1 heterocycles. The fourth-order valence-corrected chi connectivity index (χ4v) is 3.34. The molecular weight excluding hydrogens is 188 g/mol. The van der Waals surface area contributed by atoms with Crippen LogP contribution in [0.15, 0.2) is 0 Å². The lowest BCUT2D eigenvalue weighted by molar-refractivity contribution is -0.111. The summed E-state index contributed by atoms with van der Waals surface area (Å²) in [4.78, 5) is 0. The topological polar surface area (TPSA) is 56.0 Å². The highest BCUT2D eigenvalue weighted by Gasteiger charge is 2.55. The number of nitrogens with zero attached hydrogens (tertiary/aromatic N) is 1. The molecule has 2 aliphatic rings. The minimum absolute atomic E-state index is 0.184. The first-order valence-electron chi connectivity index (χ1n) is 5.99. The van der Waals surface area contributed by atoms with Crippen molar-refractivity contribution in [2.45, 2.75) is 44.6 Å². The van der Waals surface area contributed by atoms with E-state index in [9.17, 15) is 10.4 Å². The molecule has 2 unspecified atom stereocenters. The second-order valence-electron chi connectivity index (χ2n) is 5.18. The van der Waals surface area contributed by atoms with Gasteiger partial charge < -0.3 is 10.4 Å². The summed E-state index contributed by atoms with van der Waals surface area (Å²) >= 11 is 0. The first-order valence-corrected chi connectivity index (χ1v) is 5.99. The van der Waals surface area contributed by atoms with Crippen LogP contribution in [-0.2, 0) is 0 Å². The van der Waals surface area contributed by atoms with E-state index in [4.69, 9.17) is 0 Å². The van der Waals surface area contributed by atoms with Gasteiger partial charge in [-0.05, 0) is 31.7 Å². The number of hydrogen-bond acceptors (Lipinski definition) is 3. The van der Waals surface area contributed by atoms with Crippen LogP contribution in [0.25, 0.3) is 0 Å². The van der Waals surface area contributed by atoms with Crippen molar-refractivity contribution in [2.24, 2.45) is 11.3 Å². The number of hydrogen-bond donors (Lipinski definition) is 2. The molecule has 0 aromatic rings. The van der Waals surface area contributed by atoms with Crippen molar-refractivity contribution in [3.05, 3.63) is 0 Å². The van der Waals surface area contributed by atoms with E-state index in [1.807, 2.05) is 0 Å². The smallest absolute Gasteiger partial charge is 0.0882 e. The SMILES string of the molecule is CC1CNCCC1(O)C1(C#N)CCCC1. The third-order valence-corrected chi connectivity index (χ3v) is 4.45. The molecule has 0 bridgehead atoms. The summed E-state index contributed by atoms with van der Waals surface area (Å²) in [5.41, 5.74) is -1.22. The Morgan fingerprint density at radius 1 is 1.33 bits per heavy atom. The normalized spacial score (nSPS) is 39.9. The molecule has 1 saturated carbocycles. The molecule has 2 fully saturated rings. The number of piperidine rings is 1. The number of nitrogens with one attached hydrogen (secondary N) is 1. The maximum absolute atomic E-state index is 10.8. The van der Waals surface area contributed by atoms with Crippen molar-refractivity contribution in [3.8, 4) is 6.07 Å². The minimum atomic E-state index is -0.760. The average Bonchev–Trinajstić information content (AvgIpc) is 2.72. The van der Waals surface area contributed by atoms with Crippen LogP contribution in [-0.4, -0.2) is 23.8 Å². The third-order valence-electron chi connectivity index (χ3n) is 4.45. The van der Waals surface area contributed by atoms with Gasteiger partial charge in [0.2, 0.25) is 0 Å². The molecule has 3 heteroatoms. The van der Waals surface area contributed by atoms with E-state index < -0.39 is 11.0 Å². The molecule has 84 valence electrons. The van der Waals surface area contributed by atoms with Crippen molar-refractivity contribution < 1.29 is 5.11 Å². The van der Waals surface area contributed by atoms with Gasteiger partial charge >= 0.3 is 0 Å². The largest absolute Gasteiger partial charge is 0.388 e. The zero-order valence-electron chi connectivity index (χ0n) is 9.42. The second-order valence-corrected chi connectivity index (χ2v) is 5.18. The maximum atomic E-state index is 10.8. The Morgan fingerprint density at radius 2 is 2.00 bits per heavy atom. The molecule has 0 amide bonds. The van der Waals surface area contributed by atoms with E-state index in [-0.39, 0.29) is 5.92 Å². The van der Waals surface area contributed by atoms with E-state index in [0.717, 1.165) is 45.2 Å². The highest BCUT2D eigenvalue weighted by Crippen LogP contribution is 2.51. The Labute approximate surface area is 91.5 Å². The Balaban J connectivity index is 2.29. The minimum Gasteiger partial charge on any atom is -0.388 e. The molecule has 0 aromatic carbocycles. The average molecular weight is 208 g/mol. The molecule has 1 aliphatic carbocycles. The molecule has 2 rings (SSSR count). The molecule has 15 heavy (non-hydrogen) atoms. The fourth-order valence-electron chi connectivity index (χ4n) is 3.34. The van der Waals surface area contributed by atoms with Gasteiger partial charge in [-0.3, -0.25) is 0 Å². The zero-order chi connectivity index (χ0) is 10.9. The van der Waals surface area contributed by atoms with Crippen LogP contribution in [0.2, 0.25) is 0 Å². The standard InChI is InChI=1S/C12H20N2O/c1-10-8-14-7-6-12(10,15)11(9-13)4-2-3-5-11/h10,14-15H,2-8H2,1H3. The highest BCUT2D eigenvalue weighted by molar-refractivity contribution is 5.16. The zero-order valence-corrected chi connectivity index (χ0v) is 9.42. The van der Waals surface area contributed by atoms with Gasteiger partial charge in [0.15, 0.2) is 0 Å². The predicted octanol–water partition coefficient (Wildman–Crippen LogP) is 1.43. The van der Waals surface area contributed by atoms with E-state index in [1.54, 1.807) is 0 Å². The van der Waals surface area contributed by atoms with E-state index >= 15 is 0 Å². The van der Waals surface area contributed by atoms with Crippen molar-refractivity contribution in [2.75, 3.05) is 13.1 Å². The van der Waals surface area contributed by atoms with Crippen LogP contribution in [0, 0.1) is 22.7 Å². The van der Waals surface area contributed by atoms with E-state index in [1.165, 1.54) is 0 Å². The number of rotatable bonds is 1. The molecular formula is C12H20N2O. The van der Waals surface area contributed by atoms with E-state index in [2.05, 4.69) is 18.3 Å². The van der Waals surface area contributed by atoms with Crippen LogP contribution < -0.4 is 5.32 Å². The van der Waals surface area contributed by atoms with Gasteiger partial charge in [0.05, 0.1) is 17.1 Å². The Kier molecular flexibility index (Phi) is 2.74. The third kappa shape index (κ3) is 1.47. The van der Waals surface area contributed by atoms with Gasteiger partial charge in [-0.1, -0.05) is 19.8 Å². The number of nitriles is 1. The molecule has 0 radical (unpaired) electrons. The summed E-state index contributed by atoms with van der Waals surface area (Å²) in [5.74, 6) is 0.184. The molecule has 0 spiro atoms. The van der Waals surface area contributed by atoms with Gasteiger partial charge in [-0.25, -0.2) is 0 Å². The molecule has 1 aliphatic heterocycles. The molecule has 0 aromatic heterocycles. The van der Waals surface area contributed by atoms with Crippen LogP contribution >= 0.6 is 0 Å². The van der Waals surface area contributed by atoms with E-state index in [0.29, 0.717) is 0 Å². The summed E-state index contributed by atoms with van der Waals surface area (Å²) in [5, 5.41) is 23.5. The Morgan fingerprint density at radius 3 is 2.53 bits per heavy atom. The lowest BCUT2D eigenvalue weighted by atomic mass is 9.63. The van der Waals surface area contributed by atoms with Gasteiger partial charge in [0.25, 0.3) is 0 Å². The second kappa shape index (κ2) is 3.77. The van der Waals surface area contributed by atoms with Gasteiger partial charge in [0.1, 0.15) is 0 Å². The van der Waals surface area contributed by atoms with Crippen molar-refractivity contribution >= 4 is 0 Å². The number of aliphatic hydroxyl groups is 1. The van der Waals surface area contributed by atoms with Crippen LogP contribution in [0.1, 0.15) is 39.0 Å². The lowest BCUT2D eigenvalue weighted by Gasteiger charge is -2.47.